The van der Waals surface area contributed by atoms with Crippen LogP contribution in [0, 0.1) is 5.92 Å². The Labute approximate surface area is 114 Å². The second-order valence-corrected chi connectivity index (χ2v) is 5.54. The molecule has 1 fully saturated rings. The zero-order valence-corrected chi connectivity index (χ0v) is 11.7. The van der Waals surface area contributed by atoms with Crippen LogP contribution in [-0.4, -0.2) is 54.5 Å². The number of amides is 1. The van der Waals surface area contributed by atoms with E-state index in [1.807, 2.05) is 4.90 Å². The van der Waals surface area contributed by atoms with E-state index < -0.39 is 0 Å². The number of nitrogens with zero attached hydrogens (tertiary/aromatic N) is 2. The molecule has 1 aliphatic heterocycles. The highest BCUT2D eigenvalue weighted by Gasteiger charge is 2.23. The zero-order chi connectivity index (χ0) is 13.8. The lowest BCUT2D eigenvalue weighted by atomic mass is 9.96. The van der Waals surface area contributed by atoms with E-state index in [-0.39, 0.29) is 11.7 Å². The number of carbonyl (C=O) groups excluding carboxylic acids is 1. The van der Waals surface area contributed by atoms with Crippen LogP contribution in [0.4, 0.5) is 0 Å². The molecular formula is C15H22N2O2. The van der Waals surface area contributed by atoms with E-state index in [1.54, 1.807) is 24.3 Å². The van der Waals surface area contributed by atoms with E-state index in [4.69, 9.17) is 0 Å². The fourth-order valence-electron chi connectivity index (χ4n) is 2.62. The van der Waals surface area contributed by atoms with E-state index in [0.29, 0.717) is 11.5 Å². The van der Waals surface area contributed by atoms with Crippen LogP contribution in [0.5, 0.6) is 5.75 Å². The number of aromatic hydroxyl groups is 1. The maximum atomic E-state index is 12.3. The number of hydrogen-bond donors (Lipinski definition) is 1. The molecule has 1 aliphatic rings. The number of phenolic OH excluding ortho intramolecular Hbond substituents is 1. The summed E-state index contributed by atoms with van der Waals surface area (Å²) in [6.45, 7) is 2.76. The van der Waals surface area contributed by atoms with Crippen LogP contribution in [0.1, 0.15) is 23.2 Å². The summed E-state index contributed by atoms with van der Waals surface area (Å²) in [7, 11) is 4.18. The first kappa shape index (κ1) is 13.9. The largest absolute Gasteiger partial charge is 0.508 e. The van der Waals surface area contributed by atoms with Gasteiger partial charge in [-0.2, -0.15) is 0 Å². The standard InChI is InChI=1S/C15H22N2O2/c1-16(2)11-12-7-9-17(10-8-12)15(19)13-3-5-14(18)6-4-13/h3-6,12,18H,7-11H2,1-2H3. The minimum Gasteiger partial charge on any atom is -0.508 e. The summed E-state index contributed by atoms with van der Waals surface area (Å²) in [4.78, 5) is 16.4. The van der Waals surface area contributed by atoms with Crippen molar-refractivity contribution < 1.29 is 9.90 Å². The Bertz CT molecular complexity index is 420. The van der Waals surface area contributed by atoms with Crippen molar-refractivity contribution in [3.8, 4) is 5.75 Å². The topological polar surface area (TPSA) is 43.8 Å². The Kier molecular flexibility index (Phi) is 4.43. The predicted octanol–water partition coefficient (Wildman–Crippen LogP) is 1.81. The number of hydrogen-bond acceptors (Lipinski definition) is 3. The molecule has 0 spiro atoms. The third kappa shape index (κ3) is 3.70. The first-order valence-corrected chi connectivity index (χ1v) is 6.79. The van der Waals surface area contributed by atoms with Crippen LogP contribution in [-0.2, 0) is 0 Å². The molecule has 104 valence electrons. The third-order valence-corrected chi connectivity index (χ3v) is 3.64. The van der Waals surface area contributed by atoms with E-state index in [9.17, 15) is 9.90 Å². The van der Waals surface area contributed by atoms with Gasteiger partial charge in [0, 0.05) is 25.2 Å². The molecular weight excluding hydrogens is 240 g/mol. The van der Waals surface area contributed by atoms with Crippen LogP contribution in [0.2, 0.25) is 0 Å². The number of benzene rings is 1. The summed E-state index contributed by atoms with van der Waals surface area (Å²) in [5.41, 5.74) is 0.656. The van der Waals surface area contributed by atoms with Crippen molar-refractivity contribution in [2.45, 2.75) is 12.8 Å². The van der Waals surface area contributed by atoms with E-state index in [2.05, 4.69) is 19.0 Å². The first-order chi connectivity index (χ1) is 9.06. The summed E-state index contributed by atoms with van der Waals surface area (Å²) in [6.07, 6.45) is 2.14. The second kappa shape index (κ2) is 6.06. The van der Waals surface area contributed by atoms with Crippen molar-refractivity contribution in [3.63, 3.8) is 0 Å². The van der Waals surface area contributed by atoms with E-state index >= 15 is 0 Å². The van der Waals surface area contributed by atoms with E-state index in [0.717, 1.165) is 32.5 Å². The number of phenols is 1. The maximum Gasteiger partial charge on any atom is 0.253 e. The fraction of sp³-hybridized carbons (Fsp3) is 0.533. The average Bonchev–Trinajstić information content (AvgIpc) is 2.39. The maximum absolute atomic E-state index is 12.3. The molecule has 1 N–H and O–H groups in total. The molecule has 1 heterocycles. The smallest absolute Gasteiger partial charge is 0.253 e. The SMILES string of the molecule is CN(C)CC1CCN(C(=O)c2ccc(O)cc2)CC1. The molecule has 19 heavy (non-hydrogen) atoms. The van der Waals surface area contributed by atoms with Crippen molar-refractivity contribution in [2.24, 2.45) is 5.92 Å². The quantitative estimate of drug-likeness (QED) is 0.903. The Morgan fingerprint density at radius 1 is 1.26 bits per heavy atom. The van der Waals surface area contributed by atoms with Gasteiger partial charge in [-0.15, -0.1) is 0 Å². The zero-order valence-electron chi connectivity index (χ0n) is 11.7. The second-order valence-electron chi connectivity index (χ2n) is 5.54. The van der Waals surface area contributed by atoms with Gasteiger partial charge in [0.05, 0.1) is 0 Å². The van der Waals surface area contributed by atoms with Crippen molar-refractivity contribution in [3.05, 3.63) is 29.8 Å². The minimum atomic E-state index is 0.0725. The minimum absolute atomic E-state index is 0.0725. The number of carbonyl (C=O) groups is 1. The molecule has 1 saturated heterocycles. The van der Waals surface area contributed by atoms with Crippen molar-refractivity contribution in [2.75, 3.05) is 33.7 Å². The third-order valence-electron chi connectivity index (χ3n) is 3.64. The Morgan fingerprint density at radius 2 is 1.84 bits per heavy atom. The molecule has 0 saturated carbocycles. The summed E-state index contributed by atoms with van der Waals surface area (Å²) in [6, 6.07) is 6.49. The molecule has 1 amide bonds. The fourth-order valence-corrected chi connectivity index (χ4v) is 2.62. The van der Waals surface area contributed by atoms with Crippen LogP contribution >= 0.6 is 0 Å². The van der Waals surface area contributed by atoms with Gasteiger partial charge in [0.25, 0.3) is 5.91 Å². The molecule has 1 aromatic rings. The molecule has 1 aromatic carbocycles. The number of likely N-dealkylation sites (tertiary alicyclic amines) is 1. The molecule has 0 bridgehead atoms. The van der Waals surface area contributed by atoms with Crippen LogP contribution < -0.4 is 0 Å². The van der Waals surface area contributed by atoms with Gasteiger partial charge in [-0.25, -0.2) is 0 Å². The van der Waals surface area contributed by atoms with Gasteiger partial charge < -0.3 is 14.9 Å². The van der Waals surface area contributed by atoms with Crippen LogP contribution in [0.3, 0.4) is 0 Å². The monoisotopic (exact) mass is 262 g/mol. The summed E-state index contributed by atoms with van der Waals surface area (Å²) >= 11 is 0. The van der Waals surface area contributed by atoms with Crippen molar-refractivity contribution in [1.29, 1.82) is 0 Å². The molecule has 2 rings (SSSR count). The van der Waals surface area contributed by atoms with Gasteiger partial charge in [-0.1, -0.05) is 0 Å². The Balaban J connectivity index is 1.90. The summed E-state index contributed by atoms with van der Waals surface area (Å²) in [5.74, 6) is 0.961. The van der Waals surface area contributed by atoms with Gasteiger partial charge in [-0.05, 0) is 57.1 Å². The van der Waals surface area contributed by atoms with Crippen LogP contribution in [0.15, 0.2) is 24.3 Å². The molecule has 0 radical (unpaired) electrons. The van der Waals surface area contributed by atoms with E-state index in [1.165, 1.54) is 0 Å². The lowest BCUT2D eigenvalue weighted by Crippen LogP contribution is -2.40. The van der Waals surface area contributed by atoms with Gasteiger partial charge in [0.15, 0.2) is 0 Å². The van der Waals surface area contributed by atoms with Crippen LogP contribution in [0.25, 0.3) is 0 Å². The van der Waals surface area contributed by atoms with Gasteiger partial charge in [-0.3, -0.25) is 4.79 Å². The molecule has 0 aromatic heterocycles. The van der Waals surface area contributed by atoms with Gasteiger partial charge in [0.1, 0.15) is 5.75 Å². The Hall–Kier alpha value is -1.55. The normalized spacial score (nSPS) is 16.9. The van der Waals surface area contributed by atoms with Gasteiger partial charge >= 0.3 is 0 Å². The highest BCUT2D eigenvalue weighted by molar-refractivity contribution is 5.94. The Morgan fingerprint density at radius 3 is 2.37 bits per heavy atom. The lowest BCUT2D eigenvalue weighted by Gasteiger charge is -2.33. The molecule has 0 aliphatic carbocycles. The highest BCUT2D eigenvalue weighted by Crippen LogP contribution is 2.20. The summed E-state index contributed by atoms with van der Waals surface area (Å²) in [5, 5.41) is 9.24. The molecule has 0 atom stereocenters. The lowest BCUT2D eigenvalue weighted by molar-refractivity contribution is 0.0678. The van der Waals surface area contributed by atoms with Gasteiger partial charge in [0.2, 0.25) is 0 Å². The predicted molar refractivity (Wildman–Crippen MR) is 75.3 cm³/mol. The first-order valence-electron chi connectivity index (χ1n) is 6.79. The number of piperidine rings is 1. The van der Waals surface area contributed by atoms with Crippen molar-refractivity contribution >= 4 is 5.91 Å². The molecule has 0 unspecified atom stereocenters. The molecule has 4 heteroatoms. The summed E-state index contributed by atoms with van der Waals surface area (Å²) < 4.78 is 0. The molecule has 4 nitrogen and oxygen atoms in total. The number of rotatable bonds is 3. The van der Waals surface area contributed by atoms with Crippen molar-refractivity contribution in [1.82, 2.24) is 9.80 Å². The highest BCUT2D eigenvalue weighted by atomic mass is 16.3. The average molecular weight is 262 g/mol.